The summed E-state index contributed by atoms with van der Waals surface area (Å²) >= 11 is 3.66. The maximum absolute atomic E-state index is 11.8. The number of thiophene rings is 1. The number of nitrogens with zero attached hydrogens (tertiary/aromatic N) is 1. The quantitative estimate of drug-likeness (QED) is 0.682. The molecular formula is C12H7IN2OS. The van der Waals surface area contributed by atoms with Gasteiger partial charge >= 0.3 is 0 Å². The highest BCUT2D eigenvalue weighted by Gasteiger charge is 2.06. The molecule has 0 unspecified atom stereocenters. The molecule has 3 nitrogen and oxygen atoms in total. The molecule has 1 aromatic carbocycles. The Bertz CT molecular complexity index is 730. The van der Waals surface area contributed by atoms with Gasteiger partial charge in [-0.1, -0.05) is 12.1 Å². The van der Waals surface area contributed by atoms with Gasteiger partial charge in [-0.3, -0.25) is 4.79 Å². The molecule has 2 aromatic heterocycles. The van der Waals surface area contributed by atoms with Gasteiger partial charge in [-0.25, -0.2) is 4.98 Å². The Kier molecular flexibility index (Phi) is 2.71. The van der Waals surface area contributed by atoms with Crippen molar-refractivity contribution in [1.82, 2.24) is 9.97 Å². The summed E-state index contributed by atoms with van der Waals surface area (Å²) in [5.41, 5.74) is 1.61. The summed E-state index contributed by atoms with van der Waals surface area (Å²) in [6.07, 6.45) is 0. The monoisotopic (exact) mass is 354 g/mol. The molecule has 3 rings (SSSR count). The Balaban J connectivity index is 2.23. The molecule has 0 aliphatic heterocycles. The average Bonchev–Trinajstić information content (AvgIpc) is 2.78. The lowest BCUT2D eigenvalue weighted by atomic mass is 10.2. The van der Waals surface area contributed by atoms with E-state index in [1.54, 1.807) is 0 Å². The molecule has 0 radical (unpaired) electrons. The van der Waals surface area contributed by atoms with Crippen LogP contribution < -0.4 is 5.56 Å². The van der Waals surface area contributed by atoms with Crippen LogP contribution in [0.2, 0.25) is 0 Å². The summed E-state index contributed by atoms with van der Waals surface area (Å²) in [4.78, 5) is 19.1. The van der Waals surface area contributed by atoms with E-state index in [1.807, 2.05) is 35.7 Å². The van der Waals surface area contributed by atoms with Crippen molar-refractivity contribution in [1.29, 1.82) is 0 Å². The van der Waals surface area contributed by atoms with E-state index in [4.69, 9.17) is 0 Å². The first-order valence-corrected chi connectivity index (χ1v) is 6.93. The van der Waals surface area contributed by atoms with Crippen molar-refractivity contribution >= 4 is 44.1 Å². The number of H-pyrrole nitrogens is 1. The molecule has 5 heteroatoms. The van der Waals surface area contributed by atoms with Gasteiger partial charge in [0.1, 0.15) is 10.5 Å². The molecule has 3 aromatic rings. The summed E-state index contributed by atoms with van der Waals surface area (Å²) < 4.78 is 1.84. The van der Waals surface area contributed by atoms with E-state index in [0.717, 1.165) is 14.7 Å². The number of aromatic amines is 1. The minimum absolute atomic E-state index is 0.0708. The van der Waals surface area contributed by atoms with Crippen LogP contribution in [-0.4, -0.2) is 9.97 Å². The predicted octanol–water partition coefficient (Wildman–Crippen LogP) is 3.26. The lowest BCUT2D eigenvalue weighted by molar-refractivity contribution is 1.19. The van der Waals surface area contributed by atoms with E-state index in [-0.39, 0.29) is 5.56 Å². The zero-order valence-corrected chi connectivity index (χ0v) is 11.6. The van der Waals surface area contributed by atoms with Crippen LogP contribution in [-0.2, 0) is 0 Å². The maximum atomic E-state index is 11.8. The Hall–Kier alpha value is -1.21. The van der Waals surface area contributed by atoms with Crippen LogP contribution in [0.3, 0.4) is 0 Å². The van der Waals surface area contributed by atoms with Crippen LogP contribution in [0.5, 0.6) is 0 Å². The Morgan fingerprint density at radius 3 is 2.71 bits per heavy atom. The largest absolute Gasteiger partial charge is 0.305 e. The normalized spacial score (nSPS) is 10.9. The third-order valence-electron chi connectivity index (χ3n) is 2.43. The molecule has 17 heavy (non-hydrogen) atoms. The van der Waals surface area contributed by atoms with Crippen molar-refractivity contribution in [3.8, 4) is 11.4 Å². The van der Waals surface area contributed by atoms with Gasteiger partial charge in [0.05, 0.1) is 5.52 Å². The second-order valence-electron chi connectivity index (χ2n) is 3.56. The molecule has 0 saturated carbocycles. The van der Waals surface area contributed by atoms with E-state index in [2.05, 4.69) is 32.6 Å². The number of halogens is 1. The highest BCUT2D eigenvalue weighted by Crippen LogP contribution is 2.19. The van der Waals surface area contributed by atoms with Gasteiger partial charge in [-0.15, -0.1) is 11.3 Å². The fourth-order valence-corrected chi connectivity index (χ4v) is 2.70. The second-order valence-corrected chi connectivity index (χ2v) is 5.72. The molecule has 0 atom stereocenters. The van der Waals surface area contributed by atoms with E-state index in [0.29, 0.717) is 10.5 Å². The summed E-state index contributed by atoms with van der Waals surface area (Å²) in [6, 6.07) is 9.77. The zero-order chi connectivity index (χ0) is 11.8. The van der Waals surface area contributed by atoms with Gasteiger partial charge in [-0.05, 0) is 46.2 Å². The third kappa shape index (κ3) is 2.00. The number of hydrogen-bond donors (Lipinski definition) is 1. The van der Waals surface area contributed by atoms with Gasteiger partial charge in [-0.2, -0.15) is 0 Å². The standard InChI is InChI=1S/C12H7IN2OS/c13-8-3-1-7(2-4-8)11-14-9-5-6-17-10(9)12(16)15-11/h1-6H,(H,14,15,16). The summed E-state index contributed by atoms with van der Waals surface area (Å²) in [5.74, 6) is 0.623. The minimum Gasteiger partial charge on any atom is -0.305 e. The van der Waals surface area contributed by atoms with Crippen LogP contribution in [0.4, 0.5) is 0 Å². The van der Waals surface area contributed by atoms with Crippen molar-refractivity contribution in [2.24, 2.45) is 0 Å². The van der Waals surface area contributed by atoms with Gasteiger partial charge in [0, 0.05) is 9.13 Å². The number of fused-ring (bicyclic) bond motifs is 1. The van der Waals surface area contributed by atoms with Gasteiger partial charge in [0.2, 0.25) is 0 Å². The average molecular weight is 354 g/mol. The van der Waals surface area contributed by atoms with Crippen LogP contribution >= 0.6 is 33.9 Å². The SMILES string of the molecule is O=c1[nH]c(-c2ccc(I)cc2)nc2ccsc12. The van der Waals surface area contributed by atoms with Gasteiger partial charge in [0.25, 0.3) is 5.56 Å². The molecule has 0 aliphatic rings. The third-order valence-corrected chi connectivity index (χ3v) is 4.05. The van der Waals surface area contributed by atoms with E-state index < -0.39 is 0 Å². The van der Waals surface area contributed by atoms with E-state index in [1.165, 1.54) is 11.3 Å². The molecule has 0 fully saturated rings. The fourth-order valence-electron chi connectivity index (χ4n) is 1.62. The number of hydrogen-bond acceptors (Lipinski definition) is 3. The summed E-state index contributed by atoms with van der Waals surface area (Å²) in [5, 5.41) is 1.88. The van der Waals surface area contributed by atoms with Crippen LogP contribution in [0.1, 0.15) is 0 Å². The molecular weight excluding hydrogens is 347 g/mol. The van der Waals surface area contributed by atoms with Gasteiger partial charge < -0.3 is 4.98 Å². The topological polar surface area (TPSA) is 45.8 Å². The summed E-state index contributed by atoms with van der Waals surface area (Å²) in [7, 11) is 0. The fraction of sp³-hybridized carbons (Fsp3) is 0. The maximum Gasteiger partial charge on any atom is 0.269 e. The molecule has 2 heterocycles. The molecule has 0 aliphatic carbocycles. The van der Waals surface area contributed by atoms with Crippen molar-refractivity contribution < 1.29 is 0 Å². The predicted molar refractivity (Wildman–Crippen MR) is 78.4 cm³/mol. The molecule has 1 N–H and O–H groups in total. The molecule has 0 amide bonds. The molecule has 84 valence electrons. The first-order chi connectivity index (χ1) is 8.24. The Labute approximate surface area is 115 Å². The molecule has 0 bridgehead atoms. The summed E-state index contributed by atoms with van der Waals surface area (Å²) in [6.45, 7) is 0. The lowest BCUT2D eigenvalue weighted by Crippen LogP contribution is -2.07. The number of rotatable bonds is 1. The zero-order valence-electron chi connectivity index (χ0n) is 8.61. The first kappa shape index (κ1) is 10.9. The minimum atomic E-state index is -0.0708. The second kappa shape index (κ2) is 4.23. The van der Waals surface area contributed by atoms with Crippen LogP contribution in [0.25, 0.3) is 21.6 Å². The Morgan fingerprint density at radius 1 is 1.18 bits per heavy atom. The van der Waals surface area contributed by atoms with Crippen molar-refractivity contribution in [3.63, 3.8) is 0 Å². The highest BCUT2D eigenvalue weighted by molar-refractivity contribution is 14.1. The lowest BCUT2D eigenvalue weighted by Gasteiger charge is -2.00. The van der Waals surface area contributed by atoms with Crippen LogP contribution in [0.15, 0.2) is 40.5 Å². The molecule has 0 spiro atoms. The highest BCUT2D eigenvalue weighted by atomic mass is 127. The van der Waals surface area contributed by atoms with Crippen molar-refractivity contribution in [2.75, 3.05) is 0 Å². The number of aromatic nitrogens is 2. The van der Waals surface area contributed by atoms with E-state index in [9.17, 15) is 4.79 Å². The Morgan fingerprint density at radius 2 is 1.94 bits per heavy atom. The smallest absolute Gasteiger partial charge is 0.269 e. The van der Waals surface area contributed by atoms with Crippen molar-refractivity contribution in [3.05, 3.63) is 49.6 Å². The van der Waals surface area contributed by atoms with Gasteiger partial charge in [0.15, 0.2) is 0 Å². The first-order valence-electron chi connectivity index (χ1n) is 4.97. The molecule has 0 saturated heterocycles. The van der Waals surface area contributed by atoms with Crippen LogP contribution in [0, 0.1) is 3.57 Å². The number of nitrogens with one attached hydrogen (secondary N) is 1. The van der Waals surface area contributed by atoms with Crippen molar-refractivity contribution in [2.45, 2.75) is 0 Å². The number of benzene rings is 1. The van der Waals surface area contributed by atoms with E-state index >= 15 is 0 Å².